The Kier molecular flexibility index (Phi) is 3.79. The smallest absolute Gasteiger partial charge is 0.314 e. The predicted molar refractivity (Wildman–Crippen MR) is 68.1 cm³/mol. The highest BCUT2D eigenvalue weighted by molar-refractivity contribution is 7.91. The third-order valence-electron chi connectivity index (χ3n) is 2.68. The molecule has 2 heterocycles. The fourth-order valence-electron chi connectivity index (χ4n) is 1.77. The molecule has 1 unspecified atom stereocenters. The Morgan fingerprint density at radius 1 is 1.26 bits per heavy atom. The van der Waals surface area contributed by atoms with Crippen LogP contribution < -0.4 is 10.6 Å². The van der Waals surface area contributed by atoms with Crippen molar-refractivity contribution in [2.24, 2.45) is 0 Å². The minimum Gasteiger partial charge on any atom is -0.344 e. The van der Waals surface area contributed by atoms with Gasteiger partial charge in [-0.1, -0.05) is 6.07 Å². The molecule has 1 saturated heterocycles. The molecule has 2 N–H and O–H groups in total. The first-order valence-corrected chi connectivity index (χ1v) is 7.52. The zero-order valence-electron chi connectivity index (χ0n) is 10.00. The van der Waals surface area contributed by atoms with Gasteiger partial charge in [0, 0.05) is 12.2 Å². The summed E-state index contributed by atoms with van der Waals surface area (Å²) in [4.78, 5) is 27.0. The monoisotopic (exact) mass is 283 g/mol. The van der Waals surface area contributed by atoms with E-state index in [0.717, 1.165) is 0 Å². The van der Waals surface area contributed by atoms with E-state index in [0.29, 0.717) is 6.42 Å². The van der Waals surface area contributed by atoms with Gasteiger partial charge in [0.05, 0.1) is 11.5 Å². The Balaban J connectivity index is 1.88. The number of aromatic nitrogens is 1. The number of anilines is 1. The van der Waals surface area contributed by atoms with Crippen LogP contribution in [0.1, 0.15) is 6.42 Å². The number of carbonyl (C=O) groups excluding carboxylic acids is 2. The minimum atomic E-state index is -3.08. The Bertz CT molecular complexity index is 585. The highest BCUT2D eigenvalue weighted by Crippen LogP contribution is 2.11. The molecule has 1 fully saturated rings. The number of nitrogens with one attached hydrogen (secondary N) is 2. The fraction of sp³-hybridized carbons (Fsp3) is 0.364. The molecule has 1 aliphatic heterocycles. The number of hydrogen-bond acceptors (Lipinski definition) is 5. The van der Waals surface area contributed by atoms with Crippen LogP contribution in [0.15, 0.2) is 24.4 Å². The zero-order valence-corrected chi connectivity index (χ0v) is 10.8. The van der Waals surface area contributed by atoms with E-state index in [-0.39, 0.29) is 17.3 Å². The van der Waals surface area contributed by atoms with E-state index in [2.05, 4.69) is 15.6 Å². The first-order valence-electron chi connectivity index (χ1n) is 5.69. The highest BCUT2D eigenvalue weighted by atomic mass is 32.2. The number of amides is 2. The van der Waals surface area contributed by atoms with E-state index >= 15 is 0 Å². The van der Waals surface area contributed by atoms with Gasteiger partial charge >= 0.3 is 11.8 Å². The second-order valence-electron chi connectivity index (χ2n) is 4.24. The summed E-state index contributed by atoms with van der Waals surface area (Å²) in [6, 6.07) is 4.40. The molecule has 1 aromatic rings. The van der Waals surface area contributed by atoms with Crippen molar-refractivity contribution in [3.05, 3.63) is 24.4 Å². The molecule has 8 heteroatoms. The lowest BCUT2D eigenvalue weighted by Crippen LogP contribution is -2.42. The Morgan fingerprint density at radius 3 is 2.63 bits per heavy atom. The van der Waals surface area contributed by atoms with Crippen LogP contribution in [0.5, 0.6) is 0 Å². The largest absolute Gasteiger partial charge is 0.344 e. The summed E-state index contributed by atoms with van der Waals surface area (Å²) in [5, 5.41) is 4.72. The number of nitrogens with zero attached hydrogens (tertiary/aromatic N) is 1. The van der Waals surface area contributed by atoms with Gasteiger partial charge < -0.3 is 10.6 Å². The van der Waals surface area contributed by atoms with Crippen LogP contribution >= 0.6 is 0 Å². The molecular weight excluding hydrogens is 270 g/mol. The van der Waals surface area contributed by atoms with Gasteiger partial charge in [-0.25, -0.2) is 13.4 Å². The van der Waals surface area contributed by atoms with E-state index in [1.54, 1.807) is 18.2 Å². The van der Waals surface area contributed by atoms with Gasteiger partial charge in [0.1, 0.15) is 5.82 Å². The summed E-state index contributed by atoms with van der Waals surface area (Å²) in [7, 11) is -3.08. The van der Waals surface area contributed by atoms with Crippen LogP contribution in [0.2, 0.25) is 0 Å². The van der Waals surface area contributed by atoms with Gasteiger partial charge in [0.2, 0.25) is 0 Å². The van der Waals surface area contributed by atoms with Crippen molar-refractivity contribution in [2.45, 2.75) is 12.5 Å². The molecule has 0 radical (unpaired) electrons. The third kappa shape index (κ3) is 3.75. The molecule has 1 aliphatic rings. The Hall–Kier alpha value is -1.96. The lowest BCUT2D eigenvalue weighted by Gasteiger charge is -2.10. The average Bonchev–Trinajstić information content (AvgIpc) is 2.70. The lowest BCUT2D eigenvalue weighted by molar-refractivity contribution is -0.136. The number of rotatable bonds is 2. The second kappa shape index (κ2) is 5.35. The van der Waals surface area contributed by atoms with E-state index in [1.807, 2.05) is 0 Å². The van der Waals surface area contributed by atoms with Crippen LogP contribution in [0.3, 0.4) is 0 Å². The molecular formula is C11H13N3O4S. The van der Waals surface area contributed by atoms with E-state index in [1.165, 1.54) is 6.20 Å². The van der Waals surface area contributed by atoms with Crippen molar-refractivity contribution in [3.8, 4) is 0 Å². The Labute approximate surface area is 110 Å². The average molecular weight is 283 g/mol. The summed E-state index contributed by atoms with van der Waals surface area (Å²) in [6.07, 6.45) is 1.82. The van der Waals surface area contributed by atoms with Crippen molar-refractivity contribution < 1.29 is 18.0 Å². The molecule has 0 aliphatic carbocycles. The van der Waals surface area contributed by atoms with Crippen molar-refractivity contribution in [1.82, 2.24) is 10.3 Å². The summed E-state index contributed by atoms with van der Waals surface area (Å²) in [5.74, 6) is -1.52. The van der Waals surface area contributed by atoms with Gasteiger partial charge in [0.25, 0.3) is 0 Å². The molecule has 2 rings (SSSR count). The molecule has 0 bridgehead atoms. The van der Waals surface area contributed by atoms with Crippen molar-refractivity contribution in [2.75, 3.05) is 16.8 Å². The standard InChI is InChI=1S/C11H13N3O4S/c15-10(13-8-4-6-19(17,18)7-8)11(16)14-9-3-1-2-5-12-9/h1-3,5,8H,4,6-7H2,(H,13,15)(H,12,14,16). The highest BCUT2D eigenvalue weighted by Gasteiger charge is 2.30. The van der Waals surface area contributed by atoms with Gasteiger partial charge in [0.15, 0.2) is 9.84 Å². The van der Waals surface area contributed by atoms with Gasteiger partial charge in [-0.2, -0.15) is 0 Å². The van der Waals surface area contributed by atoms with E-state index in [4.69, 9.17) is 0 Å². The maximum atomic E-state index is 11.6. The quantitative estimate of drug-likeness (QED) is 0.700. The van der Waals surface area contributed by atoms with Gasteiger partial charge in [-0.3, -0.25) is 9.59 Å². The summed E-state index contributed by atoms with van der Waals surface area (Å²) < 4.78 is 22.4. The van der Waals surface area contributed by atoms with Crippen LogP contribution in [0, 0.1) is 0 Å². The maximum absolute atomic E-state index is 11.6. The summed E-state index contributed by atoms with van der Waals surface area (Å²) in [6.45, 7) is 0. The van der Waals surface area contributed by atoms with E-state index in [9.17, 15) is 18.0 Å². The summed E-state index contributed by atoms with van der Waals surface area (Å²) in [5.41, 5.74) is 0. The molecule has 0 aromatic carbocycles. The normalized spacial score (nSPS) is 20.7. The molecule has 0 saturated carbocycles. The van der Waals surface area contributed by atoms with Crippen LogP contribution in [0.4, 0.5) is 5.82 Å². The molecule has 19 heavy (non-hydrogen) atoms. The van der Waals surface area contributed by atoms with Crippen molar-refractivity contribution in [1.29, 1.82) is 0 Å². The molecule has 102 valence electrons. The van der Waals surface area contributed by atoms with Crippen molar-refractivity contribution >= 4 is 27.5 Å². The van der Waals surface area contributed by atoms with Crippen LogP contribution in [-0.4, -0.2) is 42.8 Å². The molecule has 2 amide bonds. The number of sulfone groups is 1. The first-order chi connectivity index (χ1) is 8.96. The predicted octanol–water partition coefficient (Wildman–Crippen LogP) is -0.677. The van der Waals surface area contributed by atoms with Gasteiger partial charge in [-0.15, -0.1) is 0 Å². The summed E-state index contributed by atoms with van der Waals surface area (Å²) >= 11 is 0. The van der Waals surface area contributed by atoms with Crippen molar-refractivity contribution in [3.63, 3.8) is 0 Å². The first kappa shape index (κ1) is 13.5. The Morgan fingerprint density at radius 2 is 2.05 bits per heavy atom. The number of hydrogen-bond donors (Lipinski definition) is 2. The molecule has 7 nitrogen and oxygen atoms in total. The maximum Gasteiger partial charge on any atom is 0.314 e. The van der Waals surface area contributed by atoms with Crippen LogP contribution in [0.25, 0.3) is 0 Å². The topological polar surface area (TPSA) is 105 Å². The fourth-order valence-corrected chi connectivity index (χ4v) is 3.44. The zero-order chi connectivity index (χ0) is 13.9. The van der Waals surface area contributed by atoms with Gasteiger partial charge in [-0.05, 0) is 18.6 Å². The van der Waals surface area contributed by atoms with E-state index < -0.39 is 27.7 Å². The SMILES string of the molecule is O=C(Nc1ccccn1)C(=O)NC1CCS(=O)(=O)C1. The van der Waals surface area contributed by atoms with Crippen LogP contribution in [-0.2, 0) is 19.4 Å². The third-order valence-corrected chi connectivity index (χ3v) is 4.45. The second-order valence-corrected chi connectivity index (χ2v) is 6.47. The lowest BCUT2D eigenvalue weighted by atomic mass is 10.2. The number of pyridine rings is 1. The minimum absolute atomic E-state index is 0.0415. The molecule has 1 atom stereocenters. The number of carbonyl (C=O) groups is 2. The molecule has 1 aromatic heterocycles. The molecule has 0 spiro atoms.